The maximum Gasteiger partial charge on any atom is 0.305 e. The molecule has 0 saturated carbocycles. The molecule has 19 heavy (non-hydrogen) atoms. The SMILES string of the molecule is CCCc1nnsc1C(=O)NC(CC(=O)O)C(C)C. The lowest BCUT2D eigenvalue weighted by molar-refractivity contribution is -0.137. The molecule has 0 spiro atoms. The van der Waals surface area contributed by atoms with Crippen LogP contribution < -0.4 is 5.32 Å². The molecule has 1 amide bonds. The van der Waals surface area contributed by atoms with Crippen LogP contribution in [-0.2, 0) is 11.2 Å². The minimum absolute atomic E-state index is 0.0514. The number of carboxylic acids is 1. The highest BCUT2D eigenvalue weighted by Crippen LogP contribution is 2.14. The van der Waals surface area contributed by atoms with E-state index in [9.17, 15) is 9.59 Å². The summed E-state index contributed by atoms with van der Waals surface area (Å²) in [5.41, 5.74) is 0.683. The Hall–Kier alpha value is -1.50. The molecule has 0 aromatic carbocycles. The summed E-state index contributed by atoms with van der Waals surface area (Å²) >= 11 is 1.05. The number of carbonyl (C=O) groups is 2. The third kappa shape index (κ3) is 4.59. The van der Waals surface area contributed by atoms with Crippen LogP contribution in [0.1, 0.15) is 49.0 Å². The lowest BCUT2D eigenvalue weighted by atomic mass is 10.0. The minimum Gasteiger partial charge on any atom is -0.481 e. The molecule has 0 fully saturated rings. The molecule has 0 aliphatic carbocycles. The molecule has 106 valence electrons. The second-order valence-corrected chi connectivity index (χ2v) is 5.47. The predicted molar refractivity (Wildman–Crippen MR) is 72.2 cm³/mol. The molecule has 1 atom stereocenters. The zero-order chi connectivity index (χ0) is 14.4. The third-order valence-corrected chi connectivity index (χ3v) is 3.53. The molecule has 1 heterocycles. The number of hydrogen-bond acceptors (Lipinski definition) is 5. The number of aliphatic carboxylic acids is 1. The fourth-order valence-corrected chi connectivity index (χ4v) is 2.27. The van der Waals surface area contributed by atoms with Gasteiger partial charge in [-0.2, -0.15) is 0 Å². The number of aryl methyl sites for hydroxylation is 1. The number of nitrogens with one attached hydrogen (secondary N) is 1. The molecule has 2 N–H and O–H groups in total. The summed E-state index contributed by atoms with van der Waals surface area (Å²) in [4.78, 5) is 23.4. The standard InChI is InChI=1S/C12H19N3O3S/c1-4-5-8-11(19-15-14-8)12(18)13-9(7(2)3)6-10(16)17/h7,9H,4-6H2,1-3H3,(H,13,18)(H,16,17). The monoisotopic (exact) mass is 285 g/mol. The number of carboxylic acid groups (broad SMARTS) is 1. The highest BCUT2D eigenvalue weighted by molar-refractivity contribution is 7.08. The van der Waals surface area contributed by atoms with Gasteiger partial charge in [0.25, 0.3) is 5.91 Å². The highest BCUT2D eigenvalue weighted by Gasteiger charge is 2.23. The second kappa shape index (κ2) is 7.18. The van der Waals surface area contributed by atoms with E-state index in [4.69, 9.17) is 5.11 Å². The van der Waals surface area contributed by atoms with Crippen LogP contribution >= 0.6 is 11.5 Å². The van der Waals surface area contributed by atoms with E-state index in [2.05, 4.69) is 14.9 Å². The quantitative estimate of drug-likeness (QED) is 0.795. The summed E-state index contributed by atoms with van der Waals surface area (Å²) in [6.45, 7) is 5.76. The summed E-state index contributed by atoms with van der Waals surface area (Å²) in [6.07, 6.45) is 1.50. The Balaban J connectivity index is 2.76. The first-order valence-electron chi connectivity index (χ1n) is 6.29. The summed E-state index contributed by atoms with van der Waals surface area (Å²) in [6, 6.07) is -0.387. The number of carbonyl (C=O) groups excluding carboxylic acids is 1. The molecule has 0 saturated heterocycles. The molecule has 1 unspecified atom stereocenters. The van der Waals surface area contributed by atoms with Gasteiger partial charge in [-0.15, -0.1) is 5.10 Å². The van der Waals surface area contributed by atoms with Crippen molar-refractivity contribution in [1.29, 1.82) is 0 Å². The average molecular weight is 285 g/mol. The van der Waals surface area contributed by atoms with Crippen LogP contribution in [-0.4, -0.2) is 32.6 Å². The van der Waals surface area contributed by atoms with E-state index in [1.54, 1.807) is 0 Å². The first-order chi connectivity index (χ1) is 8.95. The molecule has 0 aliphatic heterocycles. The van der Waals surface area contributed by atoms with Gasteiger partial charge in [-0.05, 0) is 23.9 Å². The summed E-state index contributed by atoms with van der Waals surface area (Å²) in [5, 5.41) is 15.5. The van der Waals surface area contributed by atoms with Gasteiger partial charge >= 0.3 is 5.97 Å². The Labute approximate surface area is 116 Å². The van der Waals surface area contributed by atoms with Crippen molar-refractivity contribution < 1.29 is 14.7 Å². The zero-order valence-corrected chi connectivity index (χ0v) is 12.2. The number of nitrogens with zero attached hydrogens (tertiary/aromatic N) is 2. The van der Waals surface area contributed by atoms with Crippen molar-refractivity contribution in [2.45, 2.75) is 46.1 Å². The Kier molecular flexibility index (Phi) is 5.88. The molecular formula is C12H19N3O3S. The van der Waals surface area contributed by atoms with Gasteiger partial charge in [-0.25, -0.2) is 0 Å². The van der Waals surface area contributed by atoms with Crippen LogP contribution in [0.4, 0.5) is 0 Å². The van der Waals surface area contributed by atoms with Gasteiger partial charge in [0, 0.05) is 6.04 Å². The summed E-state index contributed by atoms with van der Waals surface area (Å²) < 4.78 is 3.79. The molecule has 1 rings (SSSR count). The minimum atomic E-state index is -0.921. The first kappa shape index (κ1) is 15.6. The zero-order valence-electron chi connectivity index (χ0n) is 11.3. The summed E-state index contributed by atoms with van der Waals surface area (Å²) in [5.74, 6) is -1.15. The molecule has 0 aliphatic rings. The largest absolute Gasteiger partial charge is 0.481 e. The van der Waals surface area contributed by atoms with Crippen molar-refractivity contribution >= 4 is 23.4 Å². The number of rotatable bonds is 7. The molecule has 0 radical (unpaired) electrons. The van der Waals surface area contributed by atoms with E-state index >= 15 is 0 Å². The third-order valence-electron chi connectivity index (χ3n) is 2.76. The van der Waals surface area contributed by atoms with Crippen LogP contribution in [0.15, 0.2) is 0 Å². The van der Waals surface area contributed by atoms with Crippen LogP contribution in [0, 0.1) is 5.92 Å². The Bertz CT molecular complexity index is 445. The van der Waals surface area contributed by atoms with E-state index in [-0.39, 0.29) is 24.3 Å². The number of aromatic nitrogens is 2. The average Bonchev–Trinajstić information content (AvgIpc) is 2.76. The first-order valence-corrected chi connectivity index (χ1v) is 7.06. The van der Waals surface area contributed by atoms with Gasteiger partial charge in [0.2, 0.25) is 0 Å². The van der Waals surface area contributed by atoms with E-state index in [1.165, 1.54) is 0 Å². The Morgan fingerprint density at radius 3 is 2.63 bits per heavy atom. The van der Waals surface area contributed by atoms with Crippen molar-refractivity contribution in [2.24, 2.45) is 5.92 Å². The van der Waals surface area contributed by atoms with Crippen LogP contribution in [0.5, 0.6) is 0 Å². The Morgan fingerprint density at radius 2 is 2.11 bits per heavy atom. The molecule has 6 nitrogen and oxygen atoms in total. The van der Waals surface area contributed by atoms with E-state index in [0.717, 1.165) is 18.0 Å². The highest BCUT2D eigenvalue weighted by atomic mass is 32.1. The van der Waals surface area contributed by atoms with Gasteiger partial charge in [0.15, 0.2) is 0 Å². The van der Waals surface area contributed by atoms with Gasteiger partial charge in [-0.3, -0.25) is 9.59 Å². The van der Waals surface area contributed by atoms with E-state index < -0.39 is 5.97 Å². The fourth-order valence-electron chi connectivity index (χ4n) is 1.66. The van der Waals surface area contributed by atoms with Gasteiger partial charge in [0.05, 0.1) is 12.1 Å². The molecule has 1 aromatic rings. The van der Waals surface area contributed by atoms with Crippen molar-refractivity contribution in [3.63, 3.8) is 0 Å². The predicted octanol–water partition coefficient (Wildman–Crippen LogP) is 1.72. The summed E-state index contributed by atoms with van der Waals surface area (Å²) in [7, 11) is 0. The molecular weight excluding hydrogens is 266 g/mol. The van der Waals surface area contributed by atoms with Crippen LogP contribution in [0.25, 0.3) is 0 Å². The topological polar surface area (TPSA) is 92.2 Å². The Morgan fingerprint density at radius 1 is 1.42 bits per heavy atom. The molecule has 0 bridgehead atoms. The maximum absolute atomic E-state index is 12.1. The lowest BCUT2D eigenvalue weighted by Gasteiger charge is -2.20. The number of amides is 1. The van der Waals surface area contributed by atoms with Crippen molar-refractivity contribution in [1.82, 2.24) is 14.9 Å². The van der Waals surface area contributed by atoms with Gasteiger partial charge < -0.3 is 10.4 Å². The van der Waals surface area contributed by atoms with Crippen molar-refractivity contribution in [3.05, 3.63) is 10.6 Å². The van der Waals surface area contributed by atoms with Gasteiger partial charge in [-0.1, -0.05) is 31.7 Å². The maximum atomic E-state index is 12.1. The second-order valence-electron chi connectivity index (χ2n) is 4.72. The van der Waals surface area contributed by atoms with Crippen molar-refractivity contribution in [2.75, 3.05) is 0 Å². The fraction of sp³-hybridized carbons (Fsp3) is 0.667. The van der Waals surface area contributed by atoms with E-state index in [0.29, 0.717) is 17.0 Å². The van der Waals surface area contributed by atoms with Crippen LogP contribution in [0.3, 0.4) is 0 Å². The van der Waals surface area contributed by atoms with Crippen LogP contribution in [0.2, 0.25) is 0 Å². The smallest absolute Gasteiger partial charge is 0.305 e. The molecule has 1 aromatic heterocycles. The molecule has 7 heteroatoms. The normalized spacial score (nSPS) is 12.4. The lowest BCUT2D eigenvalue weighted by Crippen LogP contribution is -2.40. The van der Waals surface area contributed by atoms with E-state index in [1.807, 2.05) is 20.8 Å². The van der Waals surface area contributed by atoms with Crippen molar-refractivity contribution in [3.8, 4) is 0 Å². The number of hydrogen-bond donors (Lipinski definition) is 2. The van der Waals surface area contributed by atoms with Gasteiger partial charge in [0.1, 0.15) is 4.88 Å².